The zero-order chi connectivity index (χ0) is 18.1. The van der Waals surface area contributed by atoms with Gasteiger partial charge in [-0.3, -0.25) is 0 Å². The van der Waals surface area contributed by atoms with Gasteiger partial charge in [0.25, 0.3) is 0 Å². The Labute approximate surface area is 148 Å². The lowest BCUT2D eigenvalue weighted by Crippen LogP contribution is -2.33. The molecule has 3 N–H and O–H groups in total. The standard InChI is InChI=1S/C18H14N4O2S/c1-9-12(7-20)14(15(17(21)22-9)18(23)24-2)13-8-25-16-10(6-19)4-3-5-11(13)16/h3-5,8,14,22H,21H2,1-2H3. The molecule has 2 heterocycles. The molecular formula is C18H14N4O2S. The third kappa shape index (κ3) is 2.51. The van der Waals surface area contributed by atoms with Crippen LogP contribution in [0.1, 0.15) is 24.0 Å². The predicted octanol–water partition coefficient (Wildman–Crippen LogP) is 2.60. The van der Waals surface area contributed by atoms with Crippen LogP contribution in [-0.4, -0.2) is 13.1 Å². The van der Waals surface area contributed by atoms with E-state index in [0.717, 1.165) is 15.6 Å². The van der Waals surface area contributed by atoms with E-state index < -0.39 is 11.9 Å². The average molecular weight is 350 g/mol. The summed E-state index contributed by atoms with van der Waals surface area (Å²) in [6.07, 6.45) is 0. The number of thiophene rings is 1. The quantitative estimate of drug-likeness (QED) is 0.805. The number of benzene rings is 1. The van der Waals surface area contributed by atoms with Crippen LogP contribution in [0.25, 0.3) is 10.1 Å². The highest BCUT2D eigenvalue weighted by Gasteiger charge is 2.36. The zero-order valence-electron chi connectivity index (χ0n) is 13.6. The topological polar surface area (TPSA) is 112 Å². The van der Waals surface area contributed by atoms with Crippen LogP contribution in [0.5, 0.6) is 0 Å². The van der Waals surface area contributed by atoms with Gasteiger partial charge in [-0.1, -0.05) is 12.1 Å². The number of nitrogens with two attached hydrogens (primary N) is 1. The summed E-state index contributed by atoms with van der Waals surface area (Å²) >= 11 is 1.40. The van der Waals surface area contributed by atoms with E-state index in [1.54, 1.807) is 19.1 Å². The Kier molecular flexibility index (Phi) is 4.18. The number of nitrogens with one attached hydrogen (secondary N) is 1. The molecule has 0 aliphatic carbocycles. The number of hydrogen-bond donors (Lipinski definition) is 2. The van der Waals surface area contributed by atoms with Crippen molar-refractivity contribution >= 4 is 27.4 Å². The molecule has 1 aliphatic rings. The van der Waals surface area contributed by atoms with Gasteiger partial charge in [0.15, 0.2) is 0 Å². The van der Waals surface area contributed by atoms with Crippen molar-refractivity contribution in [2.45, 2.75) is 12.8 Å². The fraction of sp³-hybridized carbons (Fsp3) is 0.167. The molecular weight excluding hydrogens is 336 g/mol. The predicted molar refractivity (Wildman–Crippen MR) is 94.0 cm³/mol. The number of carbonyl (C=O) groups excluding carboxylic acids is 1. The molecule has 0 bridgehead atoms. The molecule has 6 nitrogen and oxygen atoms in total. The van der Waals surface area contributed by atoms with Crippen molar-refractivity contribution in [2.75, 3.05) is 7.11 Å². The van der Waals surface area contributed by atoms with Crippen LogP contribution in [0.2, 0.25) is 0 Å². The zero-order valence-corrected chi connectivity index (χ0v) is 14.4. The van der Waals surface area contributed by atoms with Crippen LogP contribution in [0, 0.1) is 22.7 Å². The number of methoxy groups -OCH3 is 1. The Morgan fingerprint density at radius 3 is 2.76 bits per heavy atom. The number of allylic oxidation sites excluding steroid dienone is 2. The second kappa shape index (κ2) is 6.31. The summed E-state index contributed by atoms with van der Waals surface area (Å²) in [5, 5.41) is 24.5. The largest absolute Gasteiger partial charge is 0.466 e. The van der Waals surface area contributed by atoms with Gasteiger partial charge in [-0.05, 0) is 29.3 Å². The average Bonchev–Trinajstić information content (AvgIpc) is 3.04. The number of rotatable bonds is 2. The van der Waals surface area contributed by atoms with Gasteiger partial charge in [-0.25, -0.2) is 4.79 Å². The molecule has 124 valence electrons. The molecule has 0 saturated heterocycles. The molecule has 0 amide bonds. The number of esters is 1. The molecule has 1 atom stereocenters. The smallest absolute Gasteiger partial charge is 0.338 e. The highest BCUT2D eigenvalue weighted by Crippen LogP contribution is 2.43. The van der Waals surface area contributed by atoms with Crippen LogP contribution in [0.4, 0.5) is 0 Å². The lowest BCUT2D eigenvalue weighted by atomic mass is 9.81. The van der Waals surface area contributed by atoms with Crippen molar-refractivity contribution in [3.05, 3.63) is 57.4 Å². The van der Waals surface area contributed by atoms with Gasteiger partial charge >= 0.3 is 5.97 Å². The molecule has 0 fully saturated rings. The molecule has 25 heavy (non-hydrogen) atoms. The summed E-state index contributed by atoms with van der Waals surface area (Å²) < 4.78 is 5.69. The number of hydrogen-bond acceptors (Lipinski definition) is 7. The second-order valence-corrected chi connectivity index (χ2v) is 6.39. The van der Waals surface area contributed by atoms with E-state index in [0.29, 0.717) is 16.8 Å². The molecule has 7 heteroatoms. The van der Waals surface area contributed by atoms with E-state index in [1.165, 1.54) is 18.4 Å². The van der Waals surface area contributed by atoms with Gasteiger partial charge in [-0.2, -0.15) is 10.5 Å². The van der Waals surface area contributed by atoms with Crippen LogP contribution in [0.15, 0.2) is 46.2 Å². The van der Waals surface area contributed by atoms with E-state index in [-0.39, 0.29) is 11.4 Å². The third-order valence-corrected chi connectivity index (χ3v) is 5.23. The Morgan fingerprint density at radius 1 is 1.36 bits per heavy atom. The number of nitriles is 2. The Bertz CT molecular complexity index is 1030. The minimum Gasteiger partial charge on any atom is -0.466 e. The Morgan fingerprint density at radius 2 is 2.12 bits per heavy atom. The molecule has 0 spiro atoms. The molecule has 2 aromatic rings. The first-order valence-corrected chi connectivity index (χ1v) is 8.27. The fourth-order valence-corrected chi connectivity index (χ4v) is 4.10. The highest BCUT2D eigenvalue weighted by atomic mass is 32.1. The molecule has 3 rings (SSSR count). The maximum Gasteiger partial charge on any atom is 0.338 e. The second-order valence-electron chi connectivity index (χ2n) is 5.51. The molecule has 1 aliphatic heterocycles. The van der Waals surface area contributed by atoms with Crippen molar-refractivity contribution < 1.29 is 9.53 Å². The van der Waals surface area contributed by atoms with E-state index >= 15 is 0 Å². The summed E-state index contributed by atoms with van der Waals surface area (Å²) in [5.74, 6) is -1.06. The van der Waals surface area contributed by atoms with Crippen LogP contribution in [-0.2, 0) is 9.53 Å². The summed E-state index contributed by atoms with van der Waals surface area (Å²) in [4.78, 5) is 12.3. The van der Waals surface area contributed by atoms with Gasteiger partial charge in [-0.15, -0.1) is 11.3 Å². The first-order chi connectivity index (χ1) is 12.0. The van der Waals surface area contributed by atoms with Gasteiger partial charge in [0.1, 0.15) is 11.9 Å². The number of nitrogens with zero attached hydrogens (tertiary/aromatic N) is 2. The van der Waals surface area contributed by atoms with Gasteiger partial charge in [0.05, 0.1) is 40.5 Å². The van der Waals surface area contributed by atoms with Crippen molar-refractivity contribution in [3.8, 4) is 12.1 Å². The maximum atomic E-state index is 12.3. The van der Waals surface area contributed by atoms with Gasteiger partial charge in [0.2, 0.25) is 0 Å². The van der Waals surface area contributed by atoms with Crippen LogP contribution < -0.4 is 11.1 Å². The Hall–Kier alpha value is -3.29. The number of fused-ring (bicyclic) bond motifs is 1. The molecule has 1 aromatic heterocycles. The first-order valence-electron chi connectivity index (χ1n) is 7.39. The number of ether oxygens (including phenoxy) is 1. The molecule has 1 unspecified atom stereocenters. The van der Waals surface area contributed by atoms with Crippen LogP contribution >= 0.6 is 11.3 Å². The first kappa shape index (κ1) is 16.6. The lowest BCUT2D eigenvalue weighted by Gasteiger charge is -2.27. The SMILES string of the molecule is COC(=O)C1=C(N)NC(C)=C(C#N)C1c1csc2c(C#N)cccc12. The molecule has 0 saturated carbocycles. The summed E-state index contributed by atoms with van der Waals surface area (Å²) in [5.41, 5.74) is 8.54. The number of carbonyl (C=O) groups is 1. The van der Waals surface area contributed by atoms with Gasteiger partial charge < -0.3 is 15.8 Å². The Balaban J connectivity index is 2.31. The van der Waals surface area contributed by atoms with Crippen molar-refractivity contribution in [1.29, 1.82) is 10.5 Å². The van der Waals surface area contributed by atoms with E-state index in [1.807, 2.05) is 11.4 Å². The lowest BCUT2D eigenvalue weighted by molar-refractivity contribution is -0.136. The monoisotopic (exact) mass is 350 g/mol. The fourth-order valence-electron chi connectivity index (χ4n) is 3.04. The molecule has 1 aromatic carbocycles. The van der Waals surface area contributed by atoms with E-state index in [4.69, 9.17) is 10.5 Å². The molecule has 0 radical (unpaired) electrons. The van der Waals surface area contributed by atoms with Crippen molar-refractivity contribution in [3.63, 3.8) is 0 Å². The maximum absolute atomic E-state index is 12.3. The third-order valence-electron chi connectivity index (χ3n) is 4.18. The summed E-state index contributed by atoms with van der Waals surface area (Å²) in [6, 6.07) is 9.74. The minimum atomic E-state index is -0.638. The summed E-state index contributed by atoms with van der Waals surface area (Å²) in [6.45, 7) is 1.74. The van der Waals surface area contributed by atoms with Crippen molar-refractivity contribution in [2.24, 2.45) is 5.73 Å². The normalized spacial score (nSPS) is 17.0. The van der Waals surface area contributed by atoms with Gasteiger partial charge in [0, 0.05) is 5.70 Å². The minimum absolute atomic E-state index is 0.170. The van der Waals surface area contributed by atoms with E-state index in [9.17, 15) is 15.3 Å². The van der Waals surface area contributed by atoms with Crippen molar-refractivity contribution in [1.82, 2.24) is 5.32 Å². The van der Waals surface area contributed by atoms with Crippen LogP contribution in [0.3, 0.4) is 0 Å². The van der Waals surface area contributed by atoms with E-state index in [2.05, 4.69) is 17.5 Å². The number of dihydropyridines is 1. The highest BCUT2D eigenvalue weighted by molar-refractivity contribution is 7.17. The summed E-state index contributed by atoms with van der Waals surface area (Å²) in [7, 11) is 1.27.